The van der Waals surface area contributed by atoms with Crippen LogP contribution >= 0.6 is 0 Å². The Hall–Kier alpha value is -4.03. The van der Waals surface area contributed by atoms with Crippen molar-refractivity contribution in [3.8, 4) is 44.5 Å². The number of benzene rings is 8. The number of hydrogen-bond acceptors (Lipinski definition) is 0. The Morgan fingerprint density at radius 1 is 0.304 bits per heavy atom. The van der Waals surface area contributed by atoms with Gasteiger partial charge in [-0.05, 0) is 5.92 Å². The quantitative estimate of drug-likeness (QED) is 0.146. The predicted octanol–water partition coefficient (Wildman–Crippen LogP) is 14.1. The summed E-state index contributed by atoms with van der Waals surface area (Å²) < 4.78 is 0. The summed E-state index contributed by atoms with van der Waals surface area (Å²) in [7, 11) is 0. The second-order valence-electron chi connectivity index (χ2n) is 13.0. The van der Waals surface area contributed by atoms with Gasteiger partial charge >= 0.3 is 0 Å². The van der Waals surface area contributed by atoms with Crippen LogP contribution in [0.3, 0.4) is 0 Å². The molecule has 0 nitrogen and oxygen atoms in total. The fourth-order valence-electron chi connectivity index (χ4n) is 5.31. The molecule has 0 heterocycles. The molecule has 0 N–H and O–H groups in total. The average Bonchev–Trinajstić information content (AvgIpc) is 3.26. The molecule has 0 bridgehead atoms. The molecule has 0 aliphatic heterocycles. The van der Waals surface area contributed by atoms with Crippen molar-refractivity contribution in [1.82, 2.24) is 0 Å². The second-order valence-corrected chi connectivity index (χ2v) is 13.0. The Morgan fingerprint density at radius 2 is 0.625 bits per heavy atom. The van der Waals surface area contributed by atoms with Crippen molar-refractivity contribution in [2.45, 2.75) is 39.5 Å². The first-order chi connectivity index (χ1) is 26.5. The molecule has 0 unspecified atom stereocenters. The van der Waals surface area contributed by atoms with Gasteiger partial charge in [-0.15, -0.1) is 53.6 Å². The molecule has 8 aromatic rings. The summed E-state index contributed by atoms with van der Waals surface area (Å²) in [4.78, 5) is 0. The van der Waals surface area contributed by atoms with E-state index in [1.807, 2.05) is 133 Å². The predicted molar refractivity (Wildman–Crippen MR) is 226 cm³/mol. The molecule has 8 rings (SSSR count). The molecule has 0 fully saturated rings. The zero-order valence-electron chi connectivity index (χ0n) is 32.6. The van der Waals surface area contributed by atoms with Crippen LogP contribution in [0.15, 0.2) is 182 Å². The Labute approximate surface area is 387 Å². The van der Waals surface area contributed by atoms with Crippen molar-refractivity contribution in [3.63, 3.8) is 0 Å². The van der Waals surface area contributed by atoms with Gasteiger partial charge in [0.05, 0.1) is 0 Å². The van der Waals surface area contributed by atoms with Crippen molar-refractivity contribution >= 4 is 0 Å². The van der Waals surface area contributed by atoms with Crippen LogP contribution in [0.25, 0.3) is 44.5 Å². The monoisotopic (exact) mass is 870 g/mol. The van der Waals surface area contributed by atoms with Crippen molar-refractivity contribution < 1.29 is 65.4 Å². The van der Waals surface area contributed by atoms with E-state index in [4.69, 9.17) is 0 Å². The van der Waals surface area contributed by atoms with Gasteiger partial charge in [0.25, 0.3) is 0 Å². The molecular formula is C54H44Y2-8. The van der Waals surface area contributed by atoms with E-state index in [1.165, 1.54) is 11.1 Å². The van der Waals surface area contributed by atoms with Crippen molar-refractivity contribution in [2.75, 3.05) is 0 Å². The molecule has 0 aliphatic carbocycles. The molecule has 0 saturated heterocycles. The third-order valence-electron chi connectivity index (χ3n) is 8.36. The maximum absolute atomic E-state index is 3.43. The van der Waals surface area contributed by atoms with E-state index >= 15 is 0 Å². The van der Waals surface area contributed by atoms with Crippen LogP contribution in [0.4, 0.5) is 0 Å². The number of rotatable bonds is 6. The minimum absolute atomic E-state index is 0. The van der Waals surface area contributed by atoms with Gasteiger partial charge in [0, 0.05) is 65.4 Å². The Balaban J connectivity index is 0.000000199. The zero-order valence-corrected chi connectivity index (χ0v) is 38.3. The first kappa shape index (κ1) is 46.4. The van der Waals surface area contributed by atoms with E-state index in [2.05, 4.69) is 125 Å². The minimum atomic E-state index is 0. The van der Waals surface area contributed by atoms with Crippen molar-refractivity contribution in [1.29, 1.82) is 0 Å². The first-order valence-corrected chi connectivity index (χ1v) is 18.3. The van der Waals surface area contributed by atoms with Crippen LogP contribution in [0, 0.1) is 48.5 Å². The largest absolute Gasteiger partial charge is 0.226 e. The summed E-state index contributed by atoms with van der Waals surface area (Å²) >= 11 is 0. The number of hydrogen-bond donors (Lipinski definition) is 0. The molecular weight excluding hydrogens is 826 g/mol. The minimum Gasteiger partial charge on any atom is -0.226 e. The van der Waals surface area contributed by atoms with Gasteiger partial charge < -0.3 is 0 Å². The summed E-state index contributed by atoms with van der Waals surface area (Å²) in [6.45, 7) is 8.75. The molecule has 0 spiro atoms. The fourth-order valence-corrected chi connectivity index (χ4v) is 5.31. The summed E-state index contributed by atoms with van der Waals surface area (Å²) in [5.41, 5.74) is 11.4. The van der Waals surface area contributed by atoms with Crippen LogP contribution in [0.1, 0.15) is 50.7 Å². The van der Waals surface area contributed by atoms with E-state index in [9.17, 15) is 0 Å². The van der Waals surface area contributed by atoms with Crippen LogP contribution < -0.4 is 0 Å². The SMILES string of the molecule is CC(C)c1[c-]c(-c2[c-]cccc2)ccc1.CC(C)c1c[c-]c(-c2[c-]cccc2)cc1.[Y].[Y].[c-]1ccccc1-c1[c-]cccc1.[c-]1ccccc1-c1[c-]cccc1. The van der Waals surface area contributed by atoms with Gasteiger partial charge in [-0.3, -0.25) is 0 Å². The molecule has 0 aromatic heterocycles. The molecule has 0 saturated carbocycles. The van der Waals surface area contributed by atoms with Gasteiger partial charge in [0.1, 0.15) is 0 Å². The van der Waals surface area contributed by atoms with Crippen molar-refractivity contribution in [3.05, 3.63) is 242 Å². The summed E-state index contributed by atoms with van der Waals surface area (Å²) in [6.07, 6.45) is 0. The molecule has 8 aromatic carbocycles. The molecule has 0 atom stereocenters. The summed E-state index contributed by atoms with van der Waals surface area (Å²) in [6, 6.07) is 86.1. The molecule has 56 heavy (non-hydrogen) atoms. The first-order valence-electron chi connectivity index (χ1n) is 18.3. The molecule has 0 amide bonds. The van der Waals surface area contributed by atoms with E-state index in [0.717, 1.165) is 44.5 Å². The molecule has 0 aliphatic rings. The van der Waals surface area contributed by atoms with Gasteiger partial charge in [-0.1, -0.05) is 33.6 Å². The summed E-state index contributed by atoms with van der Waals surface area (Å²) in [5, 5.41) is 0. The van der Waals surface area contributed by atoms with Crippen LogP contribution in [0.2, 0.25) is 0 Å². The van der Waals surface area contributed by atoms with Crippen LogP contribution in [-0.2, 0) is 65.4 Å². The van der Waals surface area contributed by atoms with E-state index in [0.29, 0.717) is 11.8 Å². The maximum atomic E-state index is 3.43. The smallest absolute Gasteiger partial charge is 0 e. The third kappa shape index (κ3) is 15.5. The Morgan fingerprint density at radius 3 is 0.893 bits per heavy atom. The van der Waals surface area contributed by atoms with E-state index in [1.54, 1.807) is 0 Å². The van der Waals surface area contributed by atoms with Crippen LogP contribution in [0.5, 0.6) is 0 Å². The average molecular weight is 871 g/mol. The van der Waals surface area contributed by atoms with Gasteiger partial charge in [0.15, 0.2) is 0 Å². The zero-order chi connectivity index (χ0) is 37.8. The third-order valence-corrected chi connectivity index (χ3v) is 8.36. The van der Waals surface area contributed by atoms with E-state index < -0.39 is 0 Å². The van der Waals surface area contributed by atoms with Gasteiger partial charge in [-0.25, -0.2) is 44.5 Å². The van der Waals surface area contributed by atoms with Gasteiger partial charge in [-0.2, -0.15) is 188 Å². The van der Waals surface area contributed by atoms with Crippen LogP contribution in [-0.4, -0.2) is 0 Å². The summed E-state index contributed by atoms with van der Waals surface area (Å²) in [5.74, 6) is 1.09. The molecule has 2 heteroatoms. The van der Waals surface area contributed by atoms with E-state index in [-0.39, 0.29) is 65.4 Å². The maximum Gasteiger partial charge on any atom is 0 e. The molecule has 2 radical (unpaired) electrons. The standard InChI is InChI=1S/2C15H14.2C12H8.2Y/c1-12(2)14-9-6-10-15(11-14)13-7-4-3-5-8-13;1-12(2)13-8-10-15(11-9-13)14-6-4-3-5-7-14;2*1-3-7-11(8-4-1)12-9-5-2-6-10-12;;/h3-7,9-10,12H,1-2H3;3-6,8-10,12H,1-2H3;2*1-7,9H;;/q4*-2;;. The fraction of sp³-hybridized carbons (Fsp3) is 0.111. The topological polar surface area (TPSA) is 0 Å². The van der Waals surface area contributed by atoms with Gasteiger partial charge in [0.2, 0.25) is 0 Å². The molecule has 274 valence electrons. The second kappa shape index (κ2) is 26.0. The Kier molecular flexibility index (Phi) is 21.5. The Bertz CT molecular complexity index is 2020. The normalized spacial score (nSPS) is 9.82. The van der Waals surface area contributed by atoms with Crippen molar-refractivity contribution in [2.24, 2.45) is 0 Å².